The van der Waals surface area contributed by atoms with Crippen molar-refractivity contribution in [1.29, 1.82) is 0 Å². The number of halogens is 1. The SMILES string of the molecule is Cl.O=C(Nc1ccc(CCCCOc2cccc3ccccc23)cc1)N1CCNCC1. The van der Waals surface area contributed by atoms with Crippen molar-refractivity contribution in [2.45, 2.75) is 19.3 Å². The number of carbonyl (C=O) groups is 1. The molecule has 0 radical (unpaired) electrons. The lowest BCUT2D eigenvalue weighted by molar-refractivity contribution is 0.204. The van der Waals surface area contributed by atoms with Crippen LogP contribution >= 0.6 is 12.4 Å². The fraction of sp³-hybridized carbons (Fsp3) is 0.320. The van der Waals surface area contributed by atoms with Crippen LogP contribution in [0.3, 0.4) is 0 Å². The topological polar surface area (TPSA) is 53.6 Å². The molecule has 5 nitrogen and oxygen atoms in total. The number of anilines is 1. The molecular formula is C25H30ClN3O2. The van der Waals surface area contributed by atoms with Gasteiger partial charge in [-0.25, -0.2) is 4.79 Å². The van der Waals surface area contributed by atoms with Crippen molar-refractivity contribution in [1.82, 2.24) is 10.2 Å². The van der Waals surface area contributed by atoms with Gasteiger partial charge in [-0.3, -0.25) is 0 Å². The molecule has 1 aliphatic rings. The van der Waals surface area contributed by atoms with Crippen LogP contribution in [-0.4, -0.2) is 43.7 Å². The van der Waals surface area contributed by atoms with Crippen molar-refractivity contribution < 1.29 is 9.53 Å². The average Bonchev–Trinajstić information content (AvgIpc) is 2.80. The van der Waals surface area contributed by atoms with Crippen LogP contribution in [0, 0.1) is 0 Å². The monoisotopic (exact) mass is 439 g/mol. The van der Waals surface area contributed by atoms with Gasteiger partial charge in [-0.05, 0) is 48.4 Å². The van der Waals surface area contributed by atoms with E-state index >= 15 is 0 Å². The lowest BCUT2D eigenvalue weighted by Gasteiger charge is -2.27. The predicted octanol–water partition coefficient (Wildman–Crippen LogP) is 5.10. The summed E-state index contributed by atoms with van der Waals surface area (Å²) in [6.45, 7) is 3.94. The van der Waals surface area contributed by atoms with Crippen molar-refractivity contribution in [3.8, 4) is 5.75 Å². The summed E-state index contributed by atoms with van der Waals surface area (Å²) in [5, 5.41) is 8.62. The molecule has 6 heteroatoms. The van der Waals surface area contributed by atoms with Gasteiger partial charge in [0.25, 0.3) is 0 Å². The third-order valence-electron chi connectivity index (χ3n) is 5.48. The summed E-state index contributed by atoms with van der Waals surface area (Å²) in [4.78, 5) is 14.1. The van der Waals surface area contributed by atoms with Crippen LogP contribution in [0.15, 0.2) is 66.7 Å². The maximum atomic E-state index is 12.3. The molecule has 0 spiro atoms. The molecule has 0 aromatic heterocycles. The first-order chi connectivity index (χ1) is 14.8. The molecule has 0 unspecified atom stereocenters. The molecule has 31 heavy (non-hydrogen) atoms. The molecule has 164 valence electrons. The minimum absolute atomic E-state index is 0. The number of fused-ring (bicyclic) bond motifs is 1. The van der Waals surface area contributed by atoms with Gasteiger partial charge in [-0.2, -0.15) is 0 Å². The number of nitrogens with one attached hydrogen (secondary N) is 2. The molecule has 2 amide bonds. The standard InChI is InChI=1S/C25H29N3O2.ClH/c29-25(28-17-15-26-16-18-28)27-22-13-11-20(12-14-22)6-3-4-19-30-24-10-5-8-21-7-1-2-9-23(21)24;/h1-2,5,7-14,26H,3-4,6,15-19H2,(H,27,29);1H. The average molecular weight is 440 g/mol. The zero-order chi connectivity index (χ0) is 20.6. The molecule has 4 rings (SSSR count). The lowest BCUT2D eigenvalue weighted by Crippen LogP contribution is -2.48. The van der Waals surface area contributed by atoms with E-state index in [9.17, 15) is 4.79 Å². The molecule has 0 bridgehead atoms. The number of urea groups is 1. The van der Waals surface area contributed by atoms with E-state index in [0.29, 0.717) is 6.61 Å². The first kappa shape index (κ1) is 22.9. The van der Waals surface area contributed by atoms with E-state index in [1.807, 2.05) is 41.3 Å². The summed E-state index contributed by atoms with van der Waals surface area (Å²) in [6, 6.07) is 22.6. The highest BCUT2D eigenvalue weighted by atomic mass is 35.5. The van der Waals surface area contributed by atoms with Gasteiger partial charge in [-0.15, -0.1) is 12.4 Å². The van der Waals surface area contributed by atoms with Crippen molar-refractivity contribution in [2.75, 3.05) is 38.1 Å². The van der Waals surface area contributed by atoms with Gasteiger partial charge in [0.1, 0.15) is 5.75 Å². The molecule has 1 heterocycles. The van der Waals surface area contributed by atoms with E-state index in [2.05, 4.69) is 41.0 Å². The molecule has 1 aliphatic heterocycles. The van der Waals surface area contributed by atoms with Crippen molar-refractivity contribution in [3.05, 3.63) is 72.3 Å². The third-order valence-corrected chi connectivity index (χ3v) is 5.48. The van der Waals surface area contributed by atoms with Crippen molar-refractivity contribution in [2.24, 2.45) is 0 Å². The van der Waals surface area contributed by atoms with E-state index in [1.54, 1.807) is 0 Å². The second-order valence-electron chi connectivity index (χ2n) is 7.65. The number of benzene rings is 3. The van der Waals surface area contributed by atoms with Crippen LogP contribution in [-0.2, 0) is 6.42 Å². The molecule has 0 aliphatic carbocycles. The number of ether oxygens (including phenoxy) is 1. The van der Waals surface area contributed by atoms with E-state index in [1.165, 1.54) is 16.3 Å². The van der Waals surface area contributed by atoms with E-state index in [0.717, 1.165) is 56.9 Å². The summed E-state index contributed by atoms with van der Waals surface area (Å²) >= 11 is 0. The molecule has 1 fully saturated rings. The maximum absolute atomic E-state index is 12.3. The summed E-state index contributed by atoms with van der Waals surface area (Å²) in [7, 11) is 0. The normalized spacial score (nSPS) is 13.5. The first-order valence-electron chi connectivity index (χ1n) is 10.8. The number of piperazine rings is 1. The van der Waals surface area contributed by atoms with Crippen molar-refractivity contribution >= 4 is 34.9 Å². The summed E-state index contributed by atoms with van der Waals surface area (Å²) in [6.07, 6.45) is 3.08. The Morgan fingerprint density at radius 3 is 2.48 bits per heavy atom. The molecule has 0 saturated carbocycles. The zero-order valence-corrected chi connectivity index (χ0v) is 18.5. The zero-order valence-electron chi connectivity index (χ0n) is 17.7. The highest BCUT2D eigenvalue weighted by molar-refractivity contribution is 5.89. The molecular weight excluding hydrogens is 410 g/mol. The smallest absolute Gasteiger partial charge is 0.321 e. The Kier molecular flexibility index (Phi) is 8.56. The third kappa shape index (κ3) is 6.36. The van der Waals surface area contributed by atoms with Crippen LogP contribution in [0.2, 0.25) is 0 Å². The van der Waals surface area contributed by atoms with Gasteiger partial charge in [0.15, 0.2) is 0 Å². The molecule has 3 aromatic carbocycles. The Balaban J connectivity index is 0.00000272. The van der Waals surface area contributed by atoms with Crippen LogP contribution < -0.4 is 15.4 Å². The Morgan fingerprint density at radius 1 is 0.935 bits per heavy atom. The number of carbonyl (C=O) groups excluding carboxylic acids is 1. The maximum Gasteiger partial charge on any atom is 0.321 e. The summed E-state index contributed by atoms with van der Waals surface area (Å²) in [5.41, 5.74) is 2.13. The van der Waals surface area contributed by atoms with Crippen LogP contribution in [0.4, 0.5) is 10.5 Å². The molecule has 0 atom stereocenters. The number of amides is 2. The van der Waals surface area contributed by atoms with E-state index < -0.39 is 0 Å². The van der Waals surface area contributed by atoms with Gasteiger partial charge in [0.05, 0.1) is 6.61 Å². The van der Waals surface area contributed by atoms with Crippen LogP contribution in [0.5, 0.6) is 5.75 Å². The van der Waals surface area contributed by atoms with Crippen molar-refractivity contribution in [3.63, 3.8) is 0 Å². The van der Waals surface area contributed by atoms with E-state index in [-0.39, 0.29) is 18.4 Å². The quantitative estimate of drug-likeness (QED) is 0.503. The first-order valence-corrected chi connectivity index (χ1v) is 10.8. The fourth-order valence-electron chi connectivity index (χ4n) is 3.76. The Labute approximate surface area is 190 Å². The highest BCUT2D eigenvalue weighted by Crippen LogP contribution is 2.25. The molecule has 2 N–H and O–H groups in total. The van der Waals surface area contributed by atoms with Gasteiger partial charge in [0.2, 0.25) is 0 Å². The lowest BCUT2D eigenvalue weighted by atomic mass is 10.1. The van der Waals surface area contributed by atoms with Gasteiger partial charge in [0, 0.05) is 37.3 Å². The second-order valence-corrected chi connectivity index (χ2v) is 7.65. The molecule has 1 saturated heterocycles. The Bertz CT molecular complexity index is 967. The number of hydrogen-bond acceptors (Lipinski definition) is 3. The minimum Gasteiger partial charge on any atom is -0.493 e. The molecule has 3 aromatic rings. The minimum atomic E-state index is -0.0187. The number of hydrogen-bond donors (Lipinski definition) is 2. The Morgan fingerprint density at radius 2 is 1.68 bits per heavy atom. The number of rotatable bonds is 7. The van der Waals surface area contributed by atoms with Gasteiger partial charge >= 0.3 is 6.03 Å². The predicted molar refractivity (Wildman–Crippen MR) is 130 cm³/mol. The fourth-order valence-corrected chi connectivity index (χ4v) is 3.76. The Hall–Kier alpha value is -2.76. The van der Waals surface area contributed by atoms with Crippen LogP contribution in [0.1, 0.15) is 18.4 Å². The second kappa shape index (κ2) is 11.6. The van der Waals surface area contributed by atoms with Crippen LogP contribution in [0.25, 0.3) is 10.8 Å². The van der Waals surface area contributed by atoms with Gasteiger partial charge < -0.3 is 20.3 Å². The number of unbranched alkanes of at least 4 members (excludes halogenated alkanes) is 1. The highest BCUT2D eigenvalue weighted by Gasteiger charge is 2.15. The largest absolute Gasteiger partial charge is 0.493 e. The summed E-state index contributed by atoms with van der Waals surface area (Å²) < 4.78 is 6.02. The number of nitrogens with zero attached hydrogens (tertiary/aromatic N) is 1. The van der Waals surface area contributed by atoms with Gasteiger partial charge in [-0.1, -0.05) is 48.5 Å². The summed E-state index contributed by atoms with van der Waals surface area (Å²) in [5.74, 6) is 0.956. The van der Waals surface area contributed by atoms with E-state index in [4.69, 9.17) is 4.74 Å². The number of aryl methyl sites for hydroxylation is 1.